The van der Waals surface area contributed by atoms with E-state index in [1.165, 1.54) is 6.07 Å². The number of amides is 1. The average Bonchev–Trinajstić information content (AvgIpc) is 2.57. The van der Waals surface area contributed by atoms with Crippen LogP contribution in [0, 0.1) is 0 Å². The SMILES string of the molecule is O=C(O)Nc1cccc(Cc2nn(-c3ccc(Br)cc3)ccc2=O)c1. The molecule has 0 unspecified atom stereocenters. The summed E-state index contributed by atoms with van der Waals surface area (Å²) in [6.07, 6.45) is 0.801. The van der Waals surface area contributed by atoms with E-state index in [1.54, 1.807) is 29.1 Å². The summed E-state index contributed by atoms with van der Waals surface area (Å²) in [6.45, 7) is 0. The number of aromatic nitrogens is 2. The number of hydrogen-bond donors (Lipinski definition) is 2. The summed E-state index contributed by atoms with van der Waals surface area (Å²) in [5.41, 5.74) is 2.31. The molecule has 1 heterocycles. The maximum atomic E-state index is 12.1. The van der Waals surface area contributed by atoms with Crippen LogP contribution in [-0.2, 0) is 6.42 Å². The second kappa shape index (κ2) is 7.31. The lowest BCUT2D eigenvalue weighted by Gasteiger charge is -2.08. The zero-order chi connectivity index (χ0) is 17.8. The van der Waals surface area contributed by atoms with E-state index >= 15 is 0 Å². The van der Waals surface area contributed by atoms with Crippen molar-refractivity contribution in [2.45, 2.75) is 6.42 Å². The van der Waals surface area contributed by atoms with E-state index in [2.05, 4.69) is 26.3 Å². The molecular formula is C18H14BrN3O3. The van der Waals surface area contributed by atoms with Crippen LogP contribution in [0.5, 0.6) is 0 Å². The number of anilines is 1. The summed E-state index contributed by atoms with van der Waals surface area (Å²) >= 11 is 3.38. The minimum Gasteiger partial charge on any atom is -0.465 e. The zero-order valence-corrected chi connectivity index (χ0v) is 14.6. The molecule has 126 valence electrons. The number of benzene rings is 2. The van der Waals surface area contributed by atoms with Crippen LogP contribution in [0.1, 0.15) is 11.3 Å². The van der Waals surface area contributed by atoms with Gasteiger partial charge in [-0.1, -0.05) is 28.1 Å². The molecule has 0 atom stereocenters. The molecule has 7 heteroatoms. The highest BCUT2D eigenvalue weighted by molar-refractivity contribution is 9.10. The molecule has 2 aromatic carbocycles. The van der Waals surface area contributed by atoms with Crippen molar-refractivity contribution in [1.82, 2.24) is 9.78 Å². The Morgan fingerprint density at radius 1 is 1.16 bits per heavy atom. The lowest BCUT2D eigenvalue weighted by molar-refractivity contribution is 0.210. The minimum atomic E-state index is -1.13. The van der Waals surface area contributed by atoms with Gasteiger partial charge in [-0.25, -0.2) is 9.48 Å². The highest BCUT2D eigenvalue weighted by Crippen LogP contribution is 2.15. The van der Waals surface area contributed by atoms with E-state index in [1.807, 2.05) is 30.3 Å². The van der Waals surface area contributed by atoms with Gasteiger partial charge in [-0.05, 0) is 42.0 Å². The van der Waals surface area contributed by atoms with Crippen molar-refractivity contribution in [2.75, 3.05) is 5.32 Å². The molecule has 1 amide bonds. The third-order valence-electron chi connectivity index (χ3n) is 3.52. The summed E-state index contributed by atoms with van der Waals surface area (Å²) < 4.78 is 2.60. The van der Waals surface area contributed by atoms with E-state index in [0.29, 0.717) is 17.8 Å². The predicted molar refractivity (Wildman–Crippen MR) is 98.4 cm³/mol. The molecule has 6 nitrogen and oxygen atoms in total. The predicted octanol–water partition coefficient (Wildman–Crippen LogP) is 3.68. The second-order valence-corrected chi connectivity index (χ2v) is 6.27. The molecule has 2 N–H and O–H groups in total. The topological polar surface area (TPSA) is 84.2 Å². The third kappa shape index (κ3) is 4.33. The fourth-order valence-corrected chi connectivity index (χ4v) is 2.65. The van der Waals surface area contributed by atoms with E-state index in [0.717, 1.165) is 15.7 Å². The van der Waals surface area contributed by atoms with Crippen molar-refractivity contribution in [2.24, 2.45) is 0 Å². The van der Waals surface area contributed by atoms with Crippen molar-refractivity contribution >= 4 is 27.7 Å². The smallest absolute Gasteiger partial charge is 0.409 e. The highest BCUT2D eigenvalue weighted by Gasteiger charge is 2.07. The molecule has 0 saturated heterocycles. The van der Waals surface area contributed by atoms with Gasteiger partial charge >= 0.3 is 6.09 Å². The molecule has 0 aliphatic carbocycles. The summed E-state index contributed by atoms with van der Waals surface area (Å²) in [5.74, 6) is 0. The van der Waals surface area contributed by atoms with Crippen molar-refractivity contribution in [3.8, 4) is 5.69 Å². The van der Waals surface area contributed by atoms with Gasteiger partial charge in [0, 0.05) is 28.8 Å². The molecule has 0 fully saturated rings. The number of carboxylic acid groups (broad SMARTS) is 1. The van der Waals surface area contributed by atoms with Gasteiger partial charge in [0.25, 0.3) is 0 Å². The maximum absolute atomic E-state index is 12.1. The van der Waals surface area contributed by atoms with Crippen LogP contribution in [0.4, 0.5) is 10.5 Å². The van der Waals surface area contributed by atoms with Crippen LogP contribution in [0.2, 0.25) is 0 Å². The van der Waals surface area contributed by atoms with Crippen molar-refractivity contribution in [1.29, 1.82) is 0 Å². The molecule has 0 aliphatic heterocycles. The lowest BCUT2D eigenvalue weighted by Crippen LogP contribution is -2.16. The second-order valence-electron chi connectivity index (χ2n) is 5.35. The quantitative estimate of drug-likeness (QED) is 0.700. The van der Waals surface area contributed by atoms with Crippen LogP contribution < -0.4 is 10.7 Å². The van der Waals surface area contributed by atoms with Gasteiger partial charge < -0.3 is 5.11 Å². The van der Waals surface area contributed by atoms with Gasteiger partial charge in [0.15, 0.2) is 0 Å². The first-order valence-corrected chi connectivity index (χ1v) is 8.24. The summed E-state index contributed by atoms with van der Waals surface area (Å²) in [5, 5.41) is 15.5. The molecule has 0 bridgehead atoms. The van der Waals surface area contributed by atoms with Gasteiger partial charge in [-0.3, -0.25) is 10.1 Å². The molecule has 0 saturated carbocycles. The maximum Gasteiger partial charge on any atom is 0.409 e. The van der Waals surface area contributed by atoms with Crippen molar-refractivity contribution in [3.63, 3.8) is 0 Å². The first-order chi connectivity index (χ1) is 12.0. The van der Waals surface area contributed by atoms with E-state index in [4.69, 9.17) is 5.11 Å². The van der Waals surface area contributed by atoms with Crippen LogP contribution in [0.25, 0.3) is 5.69 Å². The summed E-state index contributed by atoms with van der Waals surface area (Å²) in [4.78, 5) is 22.9. The van der Waals surface area contributed by atoms with Crippen LogP contribution in [0.15, 0.2) is 70.1 Å². The largest absolute Gasteiger partial charge is 0.465 e. The van der Waals surface area contributed by atoms with E-state index < -0.39 is 6.09 Å². The lowest BCUT2D eigenvalue weighted by atomic mass is 10.1. The fraction of sp³-hybridized carbons (Fsp3) is 0.0556. The summed E-state index contributed by atoms with van der Waals surface area (Å²) in [7, 11) is 0. The van der Waals surface area contributed by atoms with Crippen LogP contribution in [0.3, 0.4) is 0 Å². The van der Waals surface area contributed by atoms with Crippen molar-refractivity contribution in [3.05, 3.63) is 86.7 Å². The number of carbonyl (C=O) groups is 1. The number of nitrogens with zero attached hydrogens (tertiary/aromatic N) is 2. The Morgan fingerprint density at radius 3 is 2.64 bits per heavy atom. The highest BCUT2D eigenvalue weighted by atomic mass is 79.9. The monoisotopic (exact) mass is 399 g/mol. The molecule has 1 aromatic heterocycles. The Kier molecular flexibility index (Phi) is 4.95. The number of rotatable bonds is 4. The van der Waals surface area contributed by atoms with Gasteiger partial charge in [0.1, 0.15) is 5.69 Å². The Balaban J connectivity index is 1.90. The van der Waals surface area contributed by atoms with Crippen LogP contribution >= 0.6 is 15.9 Å². The molecule has 0 spiro atoms. The molecule has 0 aliphatic rings. The van der Waals surface area contributed by atoms with Gasteiger partial charge in [0.05, 0.1) is 5.69 Å². The summed E-state index contributed by atoms with van der Waals surface area (Å²) in [6, 6.07) is 15.9. The average molecular weight is 400 g/mol. The normalized spacial score (nSPS) is 10.4. The van der Waals surface area contributed by atoms with Gasteiger partial charge in [0.2, 0.25) is 5.43 Å². The van der Waals surface area contributed by atoms with Crippen molar-refractivity contribution < 1.29 is 9.90 Å². The van der Waals surface area contributed by atoms with Gasteiger partial charge in [-0.2, -0.15) is 5.10 Å². The minimum absolute atomic E-state index is 0.162. The van der Waals surface area contributed by atoms with E-state index in [-0.39, 0.29) is 5.43 Å². The molecule has 0 radical (unpaired) electrons. The van der Waals surface area contributed by atoms with E-state index in [9.17, 15) is 9.59 Å². The first-order valence-electron chi connectivity index (χ1n) is 7.45. The standard InChI is InChI=1S/C18H14BrN3O3/c19-13-4-6-15(7-5-13)22-9-8-17(23)16(21-22)11-12-2-1-3-14(10-12)20-18(24)25/h1-10,20H,11H2,(H,24,25). The molecular weight excluding hydrogens is 386 g/mol. The number of hydrogen-bond acceptors (Lipinski definition) is 3. The Morgan fingerprint density at radius 2 is 1.92 bits per heavy atom. The molecule has 3 rings (SSSR count). The Hall–Kier alpha value is -2.93. The third-order valence-corrected chi connectivity index (χ3v) is 4.05. The molecule has 25 heavy (non-hydrogen) atoms. The first kappa shape index (κ1) is 16.9. The van der Waals surface area contributed by atoms with Crippen LogP contribution in [-0.4, -0.2) is 21.0 Å². The fourth-order valence-electron chi connectivity index (χ4n) is 2.38. The van der Waals surface area contributed by atoms with Gasteiger partial charge in [-0.15, -0.1) is 0 Å². The molecule has 3 aromatic rings. The Labute approximate surface area is 151 Å². The zero-order valence-electron chi connectivity index (χ0n) is 13.0. The number of halogens is 1. The Bertz CT molecular complexity index is 968. The number of nitrogens with one attached hydrogen (secondary N) is 1.